The Morgan fingerprint density at radius 3 is 2.48 bits per heavy atom. The molecule has 112 valence electrons. The summed E-state index contributed by atoms with van der Waals surface area (Å²) in [5.41, 5.74) is 3.22. The van der Waals surface area contributed by atoms with Crippen molar-refractivity contribution >= 4 is 5.82 Å². The van der Waals surface area contributed by atoms with Gasteiger partial charge in [0.25, 0.3) is 5.88 Å². The fourth-order valence-electron chi connectivity index (χ4n) is 1.83. The van der Waals surface area contributed by atoms with Crippen LogP contribution in [0.15, 0.2) is 30.3 Å². The summed E-state index contributed by atoms with van der Waals surface area (Å²) in [7, 11) is 0. The van der Waals surface area contributed by atoms with Gasteiger partial charge in [-0.1, -0.05) is 26.0 Å². The maximum absolute atomic E-state index is 13.6. The molecule has 2 aromatic rings. The molecule has 1 aromatic heterocycles. The first kappa shape index (κ1) is 15.2. The van der Waals surface area contributed by atoms with Crippen LogP contribution in [-0.4, -0.2) is 4.98 Å². The zero-order chi connectivity index (χ0) is 15.4. The summed E-state index contributed by atoms with van der Waals surface area (Å²) in [5.74, 6) is 3.58. The van der Waals surface area contributed by atoms with Gasteiger partial charge in [0.2, 0.25) is 0 Å². The Balaban J connectivity index is 2.22. The lowest BCUT2D eigenvalue weighted by Crippen LogP contribution is -2.11. The van der Waals surface area contributed by atoms with Crippen LogP contribution in [0, 0.1) is 11.6 Å². The fourth-order valence-corrected chi connectivity index (χ4v) is 1.83. The van der Waals surface area contributed by atoms with E-state index in [0.717, 1.165) is 6.42 Å². The number of anilines is 1. The molecule has 0 aliphatic carbocycles. The van der Waals surface area contributed by atoms with Gasteiger partial charge in [-0.25, -0.2) is 14.6 Å². The van der Waals surface area contributed by atoms with E-state index in [-0.39, 0.29) is 11.7 Å². The maximum Gasteiger partial charge on any atom is 0.258 e. The van der Waals surface area contributed by atoms with Crippen molar-refractivity contribution in [2.75, 3.05) is 5.43 Å². The van der Waals surface area contributed by atoms with Gasteiger partial charge in [0.15, 0.2) is 17.5 Å². The first-order chi connectivity index (χ1) is 10.0. The summed E-state index contributed by atoms with van der Waals surface area (Å²) in [4.78, 5) is 3.65. The van der Waals surface area contributed by atoms with Crippen LogP contribution in [0.25, 0.3) is 0 Å². The predicted molar refractivity (Wildman–Crippen MR) is 77.2 cm³/mol. The zero-order valence-corrected chi connectivity index (χ0v) is 11.9. The van der Waals surface area contributed by atoms with Gasteiger partial charge in [-0.15, -0.1) is 0 Å². The van der Waals surface area contributed by atoms with Crippen LogP contribution in [0.4, 0.5) is 14.6 Å². The predicted octanol–water partition coefficient (Wildman–Crippen LogP) is 3.95. The number of aromatic nitrogens is 1. The molecule has 0 aliphatic heterocycles. The number of nitrogens with one attached hydrogen (secondary N) is 1. The van der Waals surface area contributed by atoms with Crippen LogP contribution in [0.5, 0.6) is 11.6 Å². The molecule has 0 fully saturated rings. The molecule has 0 bridgehead atoms. The number of hydrogen-bond donors (Lipinski definition) is 2. The van der Waals surface area contributed by atoms with Crippen molar-refractivity contribution in [1.29, 1.82) is 0 Å². The van der Waals surface area contributed by atoms with Crippen LogP contribution >= 0.6 is 0 Å². The lowest BCUT2D eigenvalue weighted by atomic mass is 9.99. The Bertz CT molecular complexity index is 617. The van der Waals surface area contributed by atoms with Crippen LogP contribution in [0.2, 0.25) is 0 Å². The van der Waals surface area contributed by atoms with Gasteiger partial charge < -0.3 is 10.2 Å². The van der Waals surface area contributed by atoms with Crippen molar-refractivity contribution in [3.05, 3.63) is 47.5 Å². The van der Waals surface area contributed by atoms with Gasteiger partial charge in [-0.2, -0.15) is 4.98 Å². The largest absolute Gasteiger partial charge is 0.436 e. The highest BCUT2D eigenvalue weighted by atomic mass is 19.1. The van der Waals surface area contributed by atoms with Crippen LogP contribution in [0.3, 0.4) is 0 Å². The number of nitrogen functional groups attached to an aromatic ring is 1. The Labute approximate surface area is 121 Å². The number of rotatable bonds is 5. The van der Waals surface area contributed by atoms with Crippen molar-refractivity contribution < 1.29 is 13.5 Å². The molecule has 0 saturated heterocycles. The van der Waals surface area contributed by atoms with E-state index in [9.17, 15) is 8.78 Å². The summed E-state index contributed by atoms with van der Waals surface area (Å²) >= 11 is 0. The summed E-state index contributed by atoms with van der Waals surface area (Å²) in [6.45, 7) is 4.23. The summed E-state index contributed by atoms with van der Waals surface area (Å²) < 4.78 is 32.2. The highest BCUT2D eigenvalue weighted by molar-refractivity contribution is 5.40. The topological polar surface area (TPSA) is 60.2 Å². The van der Waals surface area contributed by atoms with Gasteiger partial charge in [0.05, 0.1) is 0 Å². The number of hydrogen-bond acceptors (Lipinski definition) is 4. The molecule has 3 N–H and O–H groups in total. The normalized spacial score (nSPS) is 12.0. The SMILES string of the molecule is CCC(C)c1ccc(Oc2nc(NN)c(F)cc2F)cc1. The molecule has 1 aromatic carbocycles. The maximum atomic E-state index is 13.6. The Hall–Kier alpha value is -2.21. The number of hydrazine groups is 1. The zero-order valence-electron chi connectivity index (χ0n) is 11.9. The van der Waals surface area contributed by atoms with E-state index >= 15 is 0 Å². The van der Waals surface area contributed by atoms with Gasteiger partial charge >= 0.3 is 0 Å². The molecule has 0 saturated carbocycles. The minimum absolute atomic E-state index is 0.275. The molecular formula is C15H17F2N3O. The Kier molecular flexibility index (Phi) is 4.70. The number of ether oxygens (including phenoxy) is 1. The standard InChI is InChI=1S/C15H17F2N3O/c1-3-9(2)10-4-6-11(7-5-10)21-15-13(17)8-12(16)14(19-15)20-18/h4-9H,3,18H2,1-2H3,(H,19,20). The third-order valence-electron chi connectivity index (χ3n) is 3.31. The van der Waals surface area contributed by atoms with E-state index in [4.69, 9.17) is 10.6 Å². The second-order valence-corrected chi connectivity index (χ2v) is 4.73. The fraction of sp³-hybridized carbons (Fsp3) is 0.267. The molecule has 6 heteroatoms. The van der Waals surface area contributed by atoms with E-state index in [1.165, 1.54) is 5.56 Å². The lowest BCUT2D eigenvalue weighted by molar-refractivity contribution is 0.418. The molecule has 1 unspecified atom stereocenters. The van der Waals surface area contributed by atoms with Crippen LogP contribution < -0.4 is 16.0 Å². The smallest absolute Gasteiger partial charge is 0.258 e. The molecular weight excluding hydrogens is 276 g/mol. The van der Waals surface area contributed by atoms with E-state index in [0.29, 0.717) is 17.7 Å². The minimum Gasteiger partial charge on any atom is -0.436 e. The number of nitrogens with zero attached hydrogens (tertiary/aromatic N) is 1. The first-order valence-corrected chi connectivity index (χ1v) is 6.65. The summed E-state index contributed by atoms with van der Waals surface area (Å²) in [6.07, 6.45) is 1.03. The van der Waals surface area contributed by atoms with Crippen molar-refractivity contribution in [1.82, 2.24) is 4.98 Å². The highest BCUT2D eigenvalue weighted by Gasteiger charge is 2.13. The van der Waals surface area contributed by atoms with Crippen molar-refractivity contribution in [3.8, 4) is 11.6 Å². The Morgan fingerprint density at radius 2 is 1.90 bits per heavy atom. The second-order valence-electron chi connectivity index (χ2n) is 4.73. The van der Waals surface area contributed by atoms with E-state index in [1.54, 1.807) is 12.1 Å². The monoisotopic (exact) mass is 293 g/mol. The van der Waals surface area contributed by atoms with E-state index in [2.05, 4.69) is 18.8 Å². The third-order valence-corrected chi connectivity index (χ3v) is 3.31. The molecule has 0 spiro atoms. The number of halogens is 2. The van der Waals surface area contributed by atoms with Crippen LogP contribution in [0.1, 0.15) is 31.7 Å². The minimum atomic E-state index is -0.891. The van der Waals surface area contributed by atoms with Crippen LogP contribution in [-0.2, 0) is 0 Å². The molecule has 21 heavy (non-hydrogen) atoms. The van der Waals surface area contributed by atoms with Crippen molar-refractivity contribution in [2.45, 2.75) is 26.2 Å². The van der Waals surface area contributed by atoms with Gasteiger partial charge in [0.1, 0.15) is 5.75 Å². The molecule has 4 nitrogen and oxygen atoms in total. The van der Waals surface area contributed by atoms with Gasteiger partial charge in [-0.3, -0.25) is 0 Å². The van der Waals surface area contributed by atoms with E-state index < -0.39 is 11.6 Å². The molecule has 1 heterocycles. The average molecular weight is 293 g/mol. The summed E-state index contributed by atoms with van der Waals surface area (Å²) in [5, 5.41) is 0. The van der Waals surface area contributed by atoms with Gasteiger partial charge in [-0.05, 0) is 30.0 Å². The van der Waals surface area contributed by atoms with Gasteiger partial charge in [0, 0.05) is 6.07 Å². The van der Waals surface area contributed by atoms with Crippen molar-refractivity contribution in [3.63, 3.8) is 0 Å². The number of pyridine rings is 1. The molecule has 2 rings (SSSR count). The number of nitrogens with two attached hydrogens (primary N) is 1. The number of benzene rings is 1. The second kappa shape index (κ2) is 6.49. The molecule has 0 aliphatic rings. The van der Waals surface area contributed by atoms with Crippen molar-refractivity contribution in [2.24, 2.45) is 5.84 Å². The summed E-state index contributed by atoms with van der Waals surface area (Å²) in [6, 6.07) is 7.94. The third kappa shape index (κ3) is 3.46. The Morgan fingerprint density at radius 1 is 1.24 bits per heavy atom. The molecule has 0 radical (unpaired) electrons. The lowest BCUT2D eigenvalue weighted by Gasteiger charge is -2.11. The van der Waals surface area contributed by atoms with E-state index in [1.807, 2.05) is 17.6 Å². The average Bonchev–Trinajstić information content (AvgIpc) is 2.50. The highest BCUT2D eigenvalue weighted by Crippen LogP contribution is 2.27. The molecule has 0 amide bonds. The quantitative estimate of drug-likeness (QED) is 0.647. The first-order valence-electron chi connectivity index (χ1n) is 6.65. The molecule has 1 atom stereocenters.